The highest BCUT2D eigenvalue weighted by atomic mass is 32.1. The molecular weight excluding hydrogens is 816 g/mol. The van der Waals surface area contributed by atoms with Crippen molar-refractivity contribution in [2.24, 2.45) is 0 Å². The average Bonchev–Trinajstić information content (AvgIpc) is 3.65. The fourth-order valence-corrected chi connectivity index (χ4v) is 13.1. The Hall–Kier alpha value is -5.06. The van der Waals surface area contributed by atoms with Crippen LogP contribution in [-0.2, 0) is 47.3 Å². The van der Waals surface area contributed by atoms with Crippen LogP contribution in [0.3, 0.4) is 0 Å². The summed E-state index contributed by atoms with van der Waals surface area (Å²) in [6.45, 7) is 28.2. The van der Waals surface area contributed by atoms with Crippen LogP contribution in [0.4, 0.5) is 34.1 Å². The minimum Gasteiger partial charge on any atom is -0.311 e. The zero-order valence-corrected chi connectivity index (χ0v) is 42.7. The van der Waals surface area contributed by atoms with Crippen LogP contribution in [0.25, 0.3) is 21.2 Å². The van der Waals surface area contributed by atoms with Gasteiger partial charge in [-0.1, -0.05) is 132 Å². The maximum atomic E-state index is 2.72. The van der Waals surface area contributed by atoms with Gasteiger partial charge in [-0.25, -0.2) is 0 Å². The molecule has 2 aliphatic carbocycles. The number of rotatable bonds is 3. The Bertz CT molecular complexity index is 3030. The highest BCUT2D eigenvalue weighted by Crippen LogP contribution is 2.52. The number of anilines is 6. The monoisotopic (exact) mass is 885 g/mol. The summed E-state index contributed by atoms with van der Waals surface area (Å²) in [5.74, 6) is 0. The summed E-state index contributed by atoms with van der Waals surface area (Å²) < 4.78 is 2.81. The molecule has 3 heterocycles. The molecule has 4 aliphatic rings. The smallest absolute Gasteiger partial charge is 0.264 e. The van der Waals surface area contributed by atoms with Crippen molar-refractivity contribution in [1.82, 2.24) is 0 Å². The molecule has 66 heavy (non-hydrogen) atoms. The SMILES string of the molecule is CC(C)(C)c1ccc(N2c3ccc(C(C)(C)C)cc3B3c4sc5ccc(C(C)(C)C)cc5c4N(c4ccc(C(C)(C)C)cc4)c4cc(-c5c6c(cc7c5CCCC7)CCCC6)cc2c43)cc1. The molecule has 0 bridgehead atoms. The number of aryl methyl sites for hydroxylation is 2. The number of nitrogens with zero attached hydrogens (tertiary/aromatic N) is 2. The van der Waals surface area contributed by atoms with Gasteiger partial charge >= 0.3 is 0 Å². The minimum atomic E-state index is -0.00716. The first-order valence-electron chi connectivity index (χ1n) is 25.1. The number of thiophene rings is 1. The molecule has 4 heteroatoms. The topological polar surface area (TPSA) is 6.48 Å². The summed E-state index contributed by atoms with van der Waals surface area (Å²) in [5, 5.41) is 1.36. The van der Waals surface area contributed by atoms with Crippen molar-refractivity contribution in [1.29, 1.82) is 0 Å². The number of hydrogen-bond donors (Lipinski definition) is 0. The van der Waals surface area contributed by atoms with Crippen molar-refractivity contribution in [3.05, 3.63) is 148 Å². The van der Waals surface area contributed by atoms with E-state index in [9.17, 15) is 0 Å². The van der Waals surface area contributed by atoms with E-state index in [0.717, 1.165) is 12.8 Å². The van der Waals surface area contributed by atoms with E-state index in [1.54, 1.807) is 27.8 Å². The maximum Gasteiger partial charge on any atom is 0.264 e. The number of benzene rings is 6. The molecule has 2 aliphatic heterocycles. The van der Waals surface area contributed by atoms with Crippen molar-refractivity contribution < 1.29 is 0 Å². The van der Waals surface area contributed by atoms with Gasteiger partial charge in [0.2, 0.25) is 0 Å². The Morgan fingerprint density at radius 1 is 0.455 bits per heavy atom. The highest BCUT2D eigenvalue weighted by Gasteiger charge is 2.46. The quantitative estimate of drug-likeness (QED) is 0.163. The van der Waals surface area contributed by atoms with Crippen molar-refractivity contribution in [3.63, 3.8) is 0 Å². The molecule has 0 radical (unpaired) electrons. The van der Waals surface area contributed by atoms with E-state index in [2.05, 4.69) is 196 Å². The van der Waals surface area contributed by atoms with Crippen LogP contribution in [0, 0.1) is 0 Å². The molecule has 0 fully saturated rings. The number of fused-ring (bicyclic) bond motifs is 8. The molecule has 0 spiro atoms. The molecular formula is C62H69BN2S. The Balaban J connectivity index is 1.29. The van der Waals surface area contributed by atoms with Gasteiger partial charge in [0.25, 0.3) is 6.71 Å². The van der Waals surface area contributed by atoms with Gasteiger partial charge in [0.05, 0.1) is 5.69 Å². The fourth-order valence-electron chi connectivity index (χ4n) is 11.8. The molecule has 0 unspecified atom stereocenters. The third-order valence-electron chi connectivity index (χ3n) is 15.6. The molecule has 6 aromatic carbocycles. The molecule has 2 nitrogen and oxygen atoms in total. The Kier molecular flexibility index (Phi) is 10.0. The Morgan fingerprint density at radius 2 is 0.924 bits per heavy atom. The summed E-state index contributed by atoms with van der Waals surface area (Å²) in [5.41, 5.74) is 25.6. The molecule has 0 saturated heterocycles. The Labute approximate surface area is 400 Å². The van der Waals surface area contributed by atoms with Crippen LogP contribution >= 0.6 is 11.3 Å². The molecule has 11 rings (SSSR count). The minimum absolute atomic E-state index is 0.00716. The van der Waals surface area contributed by atoms with Crippen LogP contribution in [-0.4, -0.2) is 6.71 Å². The second-order valence-corrected chi connectivity index (χ2v) is 25.5. The van der Waals surface area contributed by atoms with E-state index in [1.807, 2.05) is 11.3 Å². The fraction of sp³-hybridized carbons (Fsp3) is 0.387. The lowest BCUT2D eigenvalue weighted by molar-refractivity contribution is 0.590. The van der Waals surface area contributed by atoms with Gasteiger partial charge < -0.3 is 9.80 Å². The zero-order chi connectivity index (χ0) is 46.2. The van der Waals surface area contributed by atoms with E-state index in [-0.39, 0.29) is 28.4 Å². The molecule has 0 saturated carbocycles. The summed E-state index contributed by atoms with van der Waals surface area (Å²) >= 11 is 2.02. The van der Waals surface area contributed by atoms with E-state index in [1.165, 1.54) is 126 Å². The predicted octanol–water partition coefficient (Wildman–Crippen LogP) is 15.6. The van der Waals surface area contributed by atoms with Gasteiger partial charge in [0.1, 0.15) is 0 Å². The van der Waals surface area contributed by atoms with Crippen molar-refractivity contribution >= 4 is 78.0 Å². The van der Waals surface area contributed by atoms with Gasteiger partial charge in [-0.3, -0.25) is 0 Å². The first kappa shape index (κ1) is 43.5. The zero-order valence-electron chi connectivity index (χ0n) is 41.9. The van der Waals surface area contributed by atoms with Crippen molar-refractivity contribution in [3.8, 4) is 11.1 Å². The molecule has 7 aromatic rings. The largest absolute Gasteiger partial charge is 0.311 e. The van der Waals surface area contributed by atoms with Gasteiger partial charge in [0.15, 0.2) is 0 Å². The Morgan fingerprint density at radius 3 is 1.47 bits per heavy atom. The summed E-state index contributed by atoms with van der Waals surface area (Å²) in [6, 6.07) is 42.0. The highest BCUT2D eigenvalue weighted by molar-refractivity contribution is 7.33. The van der Waals surface area contributed by atoms with Crippen LogP contribution in [0.2, 0.25) is 0 Å². The lowest BCUT2D eigenvalue weighted by Gasteiger charge is -2.44. The molecule has 0 N–H and O–H groups in total. The average molecular weight is 885 g/mol. The van der Waals surface area contributed by atoms with Crippen LogP contribution in [0.1, 0.15) is 153 Å². The van der Waals surface area contributed by atoms with E-state index < -0.39 is 0 Å². The lowest BCUT2D eigenvalue weighted by atomic mass is 9.36. The van der Waals surface area contributed by atoms with Crippen LogP contribution in [0.5, 0.6) is 0 Å². The van der Waals surface area contributed by atoms with E-state index >= 15 is 0 Å². The van der Waals surface area contributed by atoms with E-state index in [0.29, 0.717) is 0 Å². The normalized spacial score (nSPS) is 15.9. The van der Waals surface area contributed by atoms with Gasteiger partial charge in [-0.05, 0) is 194 Å². The van der Waals surface area contributed by atoms with Crippen molar-refractivity contribution in [2.45, 2.75) is 156 Å². The van der Waals surface area contributed by atoms with Crippen molar-refractivity contribution in [2.75, 3.05) is 9.80 Å². The first-order chi connectivity index (χ1) is 31.3. The second-order valence-electron chi connectivity index (χ2n) is 24.4. The van der Waals surface area contributed by atoms with Gasteiger partial charge in [-0.15, -0.1) is 11.3 Å². The third kappa shape index (κ3) is 7.10. The second kappa shape index (κ2) is 15.2. The molecule has 0 amide bonds. The maximum absolute atomic E-state index is 2.72. The number of hydrogen-bond acceptors (Lipinski definition) is 3. The third-order valence-corrected chi connectivity index (χ3v) is 16.9. The lowest BCUT2D eigenvalue weighted by Crippen LogP contribution is -2.60. The van der Waals surface area contributed by atoms with Crippen LogP contribution in [0.15, 0.2) is 103 Å². The first-order valence-corrected chi connectivity index (χ1v) is 25.9. The summed E-state index contributed by atoms with van der Waals surface area (Å²) in [7, 11) is 0. The molecule has 1 aromatic heterocycles. The van der Waals surface area contributed by atoms with Gasteiger partial charge in [-0.2, -0.15) is 0 Å². The summed E-state index contributed by atoms with van der Waals surface area (Å²) in [6.07, 6.45) is 9.82. The standard InChI is InChI=1S/C62H69BN2S/c1-59(2,3)41-21-27-45(28-22-41)64-51-31-25-44(62(10,11)12)37-50(51)63-56-52(64)34-40(55-47-19-15-13-17-38(47)33-39-18-14-16-20-48(39)55)35-53(56)65(46-29-23-42(24-30-46)60(4,5)6)57-49-36-43(61(7,8)9)26-32-54(49)66-58(57)63/h21-37H,13-20H2,1-12H3. The van der Waals surface area contributed by atoms with Crippen LogP contribution < -0.4 is 25.5 Å². The molecule has 0 atom stereocenters. The summed E-state index contributed by atoms with van der Waals surface area (Å²) in [4.78, 5) is 5.37. The molecule has 336 valence electrons. The van der Waals surface area contributed by atoms with E-state index in [4.69, 9.17) is 0 Å². The van der Waals surface area contributed by atoms with Gasteiger partial charge in [0, 0.05) is 43.3 Å². The predicted molar refractivity (Wildman–Crippen MR) is 289 cm³/mol.